The Morgan fingerprint density at radius 3 is 2.59 bits per heavy atom. The molecule has 1 saturated carbocycles. The number of nitrogens with zero attached hydrogens (tertiary/aromatic N) is 2. The number of aliphatic imine (C=N–C) groups is 1. The molecular weight excluding hydrogens is 437 g/mol. The van der Waals surface area contributed by atoms with Gasteiger partial charge in [-0.1, -0.05) is 13.8 Å². The van der Waals surface area contributed by atoms with Gasteiger partial charge in [-0.3, -0.25) is 14.6 Å². The van der Waals surface area contributed by atoms with Crippen LogP contribution >= 0.6 is 0 Å². The zero-order chi connectivity index (χ0) is 24.7. The van der Waals surface area contributed by atoms with Crippen LogP contribution in [0.5, 0.6) is 5.75 Å². The highest BCUT2D eigenvalue weighted by Crippen LogP contribution is 2.44. The monoisotopic (exact) mass is 467 g/mol. The molecule has 2 aromatic rings. The molecule has 2 heterocycles. The predicted molar refractivity (Wildman–Crippen MR) is 129 cm³/mol. The number of benzene rings is 1. The Kier molecular flexibility index (Phi) is 7.99. The van der Waals surface area contributed by atoms with Crippen LogP contribution in [-0.4, -0.2) is 42.7 Å². The van der Waals surface area contributed by atoms with Crippen LogP contribution in [0.15, 0.2) is 47.1 Å². The van der Waals surface area contributed by atoms with Gasteiger partial charge in [-0.05, 0) is 43.2 Å². The van der Waals surface area contributed by atoms with Gasteiger partial charge in [-0.2, -0.15) is 0 Å². The Balaban J connectivity index is 0.00000103. The van der Waals surface area contributed by atoms with E-state index in [1.54, 1.807) is 18.3 Å². The van der Waals surface area contributed by atoms with Crippen LogP contribution < -0.4 is 21.5 Å². The summed E-state index contributed by atoms with van der Waals surface area (Å²) in [6.07, 6.45) is 5.75. The highest BCUT2D eigenvalue weighted by Gasteiger charge is 2.35. The van der Waals surface area contributed by atoms with E-state index in [1.165, 1.54) is 18.3 Å². The summed E-state index contributed by atoms with van der Waals surface area (Å²) in [5, 5.41) is 2.88. The summed E-state index contributed by atoms with van der Waals surface area (Å²) in [7, 11) is 0. The summed E-state index contributed by atoms with van der Waals surface area (Å²) >= 11 is 0. The molecule has 8 nitrogen and oxygen atoms in total. The molecular formula is C25H30FN5O3. The van der Waals surface area contributed by atoms with E-state index < -0.39 is 0 Å². The van der Waals surface area contributed by atoms with Crippen LogP contribution in [0.4, 0.5) is 4.39 Å². The van der Waals surface area contributed by atoms with E-state index in [0.717, 1.165) is 35.4 Å². The lowest BCUT2D eigenvalue weighted by Gasteiger charge is -2.17. The summed E-state index contributed by atoms with van der Waals surface area (Å²) in [5.41, 5.74) is 13.4. The van der Waals surface area contributed by atoms with Crippen LogP contribution in [0.25, 0.3) is 11.3 Å². The number of hydrogen-bond acceptors (Lipinski definition) is 6. The van der Waals surface area contributed by atoms with Gasteiger partial charge >= 0.3 is 0 Å². The minimum Gasteiger partial charge on any atom is -0.490 e. The second kappa shape index (κ2) is 10.9. The molecule has 0 radical (unpaired) electrons. The van der Waals surface area contributed by atoms with Crippen LogP contribution in [0.2, 0.25) is 0 Å². The first-order valence-electron chi connectivity index (χ1n) is 11.1. The van der Waals surface area contributed by atoms with Gasteiger partial charge in [0.2, 0.25) is 6.41 Å². The van der Waals surface area contributed by atoms with Gasteiger partial charge in [-0.15, -0.1) is 0 Å². The van der Waals surface area contributed by atoms with E-state index in [9.17, 15) is 9.18 Å². The molecule has 0 bridgehead atoms. The Labute approximate surface area is 198 Å². The topological polar surface area (TPSA) is 133 Å². The van der Waals surface area contributed by atoms with Crippen molar-refractivity contribution in [2.75, 3.05) is 13.2 Å². The number of nitrogens with two attached hydrogens (primary N) is 2. The molecule has 1 aliphatic carbocycles. The first-order chi connectivity index (χ1) is 16.3. The van der Waals surface area contributed by atoms with Gasteiger partial charge in [0.15, 0.2) is 0 Å². The number of carbonyl (C=O) groups excluding carboxylic acids is 2. The molecule has 34 heavy (non-hydrogen) atoms. The minimum absolute atomic E-state index is 0.153. The summed E-state index contributed by atoms with van der Waals surface area (Å²) in [6.45, 7) is 5.21. The van der Waals surface area contributed by atoms with Crippen LogP contribution in [0, 0.1) is 5.82 Å². The first kappa shape index (κ1) is 24.9. The van der Waals surface area contributed by atoms with Gasteiger partial charge < -0.3 is 21.5 Å². The van der Waals surface area contributed by atoms with E-state index in [-0.39, 0.29) is 23.5 Å². The molecule has 9 heteroatoms. The molecule has 1 aliphatic heterocycles. The number of halogens is 1. The van der Waals surface area contributed by atoms with Crippen molar-refractivity contribution >= 4 is 18.5 Å². The molecule has 180 valence electrons. The molecule has 2 amide bonds. The van der Waals surface area contributed by atoms with Crippen molar-refractivity contribution < 1.29 is 18.7 Å². The normalized spacial score (nSPS) is 16.3. The fourth-order valence-electron chi connectivity index (χ4n) is 3.49. The van der Waals surface area contributed by atoms with Gasteiger partial charge in [0, 0.05) is 47.6 Å². The highest BCUT2D eigenvalue weighted by molar-refractivity contribution is 6.12. The standard InChI is InChI=1S/C24H27FN4O2.CH3NO/c1-24(2)14-31-22-20(24)11-19(29-21(22)15-3-5-17(25)6-4-15)9-10-27-23(30)16(12-26)13-28-18-7-8-18;2-1-3/h3-6,11-13,18H,7-10,14,26H2,1-2H3,(H,27,30);1H,(H2,2,3)/b16-12+,28-13?;. The van der Waals surface area contributed by atoms with Gasteiger partial charge in [0.05, 0.1) is 18.2 Å². The van der Waals surface area contributed by atoms with E-state index in [4.69, 9.17) is 20.2 Å². The van der Waals surface area contributed by atoms with E-state index in [0.29, 0.717) is 36.9 Å². The number of carbonyl (C=O) groups is 2. The Hall–Kier alpha value is -3.75. The third-order valence-electron chi connectivity index (χ3n) is 5.53. The van der Waals surface area contributed by atoms with Crippen molar-refractivity contribution in [3.63, 3.8) is 0 Å². The minimum atomic E-state index is -0.297. The SMILES string of the molecule is CC1(C)COc2c1cc(CCNC(=O)/C(C=NC1CC1)=C/N)nc2-c1ccc(F)cc1.NC=O. The van der Waals surface area contributed by atoms with Crippen molar-refractivity contribution in [1.29, 1.82) is 0 Å². The average Bonchev–Trinajstić information content (AvgIpc) is 3.58. The second-order valence-corrected chi connectivity index (χ2v) is 8.79. The summed E-state index contributed by atoms with van der Waals surface area (Å²) in [5.74, 6) is 0.194. The van der Waals surface area contributed by atoms with Crippen LogP contribution in [-0.2, 0) is 21.4 Å². The third kappa shape index (κ3) is 6.18. The zero-order valence-corrected chi connectivity index (χ0v) is 19.4. The molecule has 0 atom stereocenters. The molecule has 1 aromatic carbocycles. The van der Waals surface area contributed by atoms with Crippen molar-refractivity contribution in [1.82, 2.24) is 10.3 Å². The van der Waals surface area contributed by atoms with Crippen molar-refractivity contribution in [2.45, 2.75) is 44.6 Å². The molecule has 2 aliphatic rings. The molecule has 0 spiro atoms. The van der Waals surface area contributed by atoms with Gasteiger partial charge in [-0.25, -0.2) is 9.37 Å². The lowest BCUT2D eigenvalue weighted by molar-refractivity contribution is -0.117. The molecule has 1 aromatic heterocycles. The predicted octanol–water partition coefficient (Wildman–Crippen LogP) is 2.39. The quantitative estimate of drug-likeness (QED) is 0.327. The number of amides is 2. The number of pyridine rings is 1. The summed E-state index contributed by atoms with van der Waals surface area (Å²) < 4.78 is 19.4. The van der Waals surface area contributed by atoms with Crippen molar-refractivity contribution in [3.05, 3.63) is 59.2 Å². The zero-order valence-electron chi connectivity index (χ0n) is 19.4. The Morgan fingerprint density at radius 1 is 1.29 bits per heavy atom. The summed E-state index contributed by atoms with van der Waals surface area (Å²) in [6, 6.07) is 8.61. The number of primary amides is 1. The highest BCUT2D eigenvalue weighted by atomic mass is 19.1. The smallest absolute Gasteiger partial charge is 0.254 e. The maximum atomic E-state index is 13.4. The van der Waals surface area contributed by atoms with E-state index in [2.05, 4.69) is 29.9 Å². The molecule has 5 N–H and O–H groups in total. The van der Waals surface area contributed by atoms with Crippen LogP contribution in [0.3, 0.4) is 0 Å². The lowest BCUT2D eigenvalue weighted by atomic mass is 9.86. The fraction of sp³-hybridized carbons (Fsp3) is 0.360. The first-order valence-corrected chi connectivity index (χ1v) is 11.1. The lowest BCUT2D eigenvalue weighted by Crippen LogP contribution is -2.28. The Bertz CT molecular complexity index is 1090. The maximum Gasteiger partial charge on any atom is 0.254 e. The van der Waals surface area contributed by atoms with Gasteiger partial charge in [0.25, 0.3) is 5.91 Å². The molecule has 0 saturated heterocycles. The summed E-state index contributed by atoms with van der Waals surface area (Å²) in [4.78, 5) is 30.1. The molecule has 1 fully saturated rings. The number of ether oxygens (including phenoxy) is 1. The number of aromatic nitrogens is 1. The Morgan fingerprint density at radius 2 is 1.97 bits per heavy atom. The molecule has 4 rings (SSSR count). The number of nitrogens with one attached hydrogen (secondary N) is 1. The number of hydrogen-bond donors (Lipinski definition) is 3. The molecule has 0 unspecified atom stereocenters. The number of fused-ring (bicyclic) bond motifs is 1. The third-order valence-corrected chi connectivity index (χ3v) is 5.53. The largest absolute Gasteiger partial charge is 0.490 e. The van der Waals surface area contributed by atoms with Crippen LogP contribution in [0.1, 0.15) is 37.9 Å². The fourth-order valence-corrected chi connectivity index (χ4v) is 3.49. The average molecular weight is 468 g/mol. The second-order valence-electron chi connectivity index (χ2n) is 8.79. The van der Waals surface area contributed by atoms with E-state index >= 15 is 0 Å². The number of rotatable bonds is 7. The van der Waals surface area contributed by atoms with Crippen molar-refractivity contribution in [2.24, 2.45) is 16.5 Å². The maximum absolute atomic E-state index is 13.4. The van der Waals surface area contributed by atoms with Gasteiger partial charge in [0.1, 0.15) is 17.3 Å². The van der Waals surface area contributed by atoms with Crippen molar-refractivity contribution in [3.8, 4) is 17.0 Å². The van der Waals surface area contributed by atoms with E-state index in [1.807, 2.05) is 6.07 Å².